The second kappa shape index (κ2) is 8.48. The monoisotopic (exact) mass is 412 g/mol. The molecular formula is C20H21ClN6O2. The molecule has 8 nitrogen and oxygen atoms in total. The normalized spacial score (nSPS) is 15.2. The molecule has 1 saturated heterocycles. The summed E-state index contributed by atoms with van der Waals surface area (Å²) in [6, 6.07) is 11.4. The summed E-state index contributed by atoms with van der Waals surface area (Å²) in [7, 11) is 0. The molecule has 0 radical (unpaired) electrons. The minimum Gasteiger partial charge on any atom is -0.462 e. The molecule has 29 heavy (non-hydrogen) atoms. The number of carbonyl (C=O) groups is 1. The number of rotatable bonds is 5. The number of nitrogens with zero attached hydrogens (tertiary/aromatic N) is 6. The van der Waals surface area contributed by atoms with Gasteiger partial charge in [-0.15, -0.1) is 5.10 Å². The number of ether oxygens (including phenoxy) is 1. The lowest BCUT2D eigenvalue weighted by Gasteiger charge is -2.35. The summed E-state index contributed by atoms with van der Waals surface area (Å²) in [5, 5.41) is 4.73. The number of amides is 1. The van der Waals surface area contributed by atoms with E-state index in [2.05, 4.69) is 20.0 Å². The zero-order valence-corrected chi connectivity index (χ0v) is 16.7. The van der Waals surface area contributed by atoms with Gasteiger partial charge >= 0.3 is 0 Å². The van der Waals surface area contributed by atoms with Crippen molar-refractivity contribution in [2.45, 2.75) is 13.0 Å². The standard InChI is InChI=1S/C20H21ClN6O2/c1-15(29-18-17(21)14-27(24-18)16-6-3-2-4-7-16)19(28)25-10-12-26(13-11-25)20-22-8-5-9-23-20/h2-9,14-15H,10-13H2,1H3/t15-/m1/s1. The van der Waals surface area contributed by atoms with Gasteiger partial charge in [0.05, 0.1) is 11.9 Å². The van der Waals surface area contributed by atoms with Crippen LogP contribution in [0.25, 0.3) is 5.69 Å². The van der Waals surface area contributed by atoms with Crippen molar-refractivity contribution in [2.24, 2.45) is 0 Å². The maximum absolute atomic E-state index is 12.8. The maximum Gasteiger partial charge on any atom is 0.263 e. The average Bonchev–Trinajstić information content (AvgIpc) is 3.14. The third-order valence-corrected chi connectivity index (χ3v) is 4.98. The van der Waals surface area contributed by atoms with Gasteiger partial charge in [-0.05, 0) is 25.1 Å². The molecule has 1 atom stereocenters. The van der Waals surface area contributed by atoms with E-state index in [4.69, 9.17) is 16.3 Å². The zero-order valence-electron chi connectivity index (χ0n) is 16.0. The largest absolute Gasteiger partial charge is 0.462 e. The highest BCUT2D eigenvalue weighted by atomic mass is 35.5. The van der Waals surface area contributed by atoms with Gasteiger partial charge in [0.15, 0.2) is 6.10 Å². The predicted octanol–water partition coefficient (Wildman–Crippen LogP) is 2.43. The fourth-order valence-electron chi connectivity index (χ4n) is 3.19. The number of para-hydroxylation sites is 1. The van der Waals surface area contributed by atoms with Crippen LogP contribution in [0.2, 0.25) is 5.02 Å². The van der Waals surface area contributed by atoms with Crippen molar-refractivity contribution < 1.29 is 9.53 Å². The van der Waals surface area contributed by atoms with Crippen LogP contribution >= 0.6 is 11.6 Å². The van der Waals surface area contributed by atoms with Gasteiger partial charge in [-0.1, -0.05) is 29.8 Å². The molecule has 3 aromatic rings. The van der Waals surface area contributed by atoms with Gasteiger partial charge < -0.3 is 14.5 Å². The Morgan fingerprint density at radius 2 is 1.76 bits per heavy atom. The van der Waals surface area contributed by atoms with E-state index in [1.54, 1.807) is 41.2 Å². The maximum atomic E-state index is 12.8. The van der Waals surface area contributed by atoms with Crippen LogP contribution < -0.4 is 9.64 Å². The molecule has 0 aliphatic carbocycles. The Morgan fingerprint density at radius 1 is 1.07 bits per heavy atom. The SMILES string of the molecule is C[C@@H](Oc1nn(-c2ccccc2)cc1Cl)C(=O)N1CCN(c2ncccn2)CC1. The minimum absolute atomic E-state index is 0.0936. The van der Waals surface area contributed by atoms with E-state index in [0.717, 1.165) is 5.69 Å². The molecule has 0 N–H and O–H groups in total. The molecule has 9 heteroatoms. The smallest absolute Gasteiger partial charge is 0.263 e. The second-order valence-electron chi connectivity index (χ2n) is 6.68. The number of benzene rings is 1. The molecule has 4 rings (SSSR count). The second-order valence-corrected chi connectivity index (χ2v) is 7.09. The van der Waals surface area contributed by atoms with Crippen LogP contribution in [0.1, 0.15) is 6.92 Å². The van der Waals surface area contributed by atoms with Gasteiger partial charge in [0, 0.05) is 38.6 Å². The highest BCUT2D eigenvalue weighted by molar-refractivity contribution is 6.31. The number of piperazine rings is 1. The Labute approximate surface area is 173 Å². The average molecular weight is 413 g/mol. The molecule has 1 aliphatic heterocycles. The van der Waals surface area contributed by atoms with E-state index < -0.39 is 6.10 Å². The number of carbonyl (C=O) groups excluding carboxylic acids is 1. The van der Waals surface area contributed by atoms with E-state index in [1.165, 1.54) is 0 Å². The van der Waals surface area contributed by atoms with Crippen molar-refractivity contribution in [2.75, 3.05) is 31.1 Å². The summed E-state index contributed by atoms with van der Waals surface area (Å²) in [5.74, 6) is 0.832. The Balaban J connectivity index is 1.36. The first-order valence-electron chi connectivity index (χ1n) is 9.40. The number of hydrogen-bond acceptors (Lipinski definition) is 6. The highest BCUT2D eigenvalue weighted by Gasteiger charge is 2.28. The lowest BCUT2D eigenvalue weighted by atomic mass is 10.2. The molecule has 3 heterocycles. The topological polar surface area (TPSA) is 76.4 Å². The van der Waals surface area contributed by atoms with Crippen molar-refractivity contribution in [1.82, 2.24) is 24.6 Å². The summed E-state index contributed by atoms with van der Waals surface area (Å²) in [4.78, 5) is 25.2. The van der Waals surface area contributed by atoms with Crippen LogP contribution in [0.5, 0.6) is 5.88 Å². The predicted molar refractivity (Wildman–Crippen MR) is 109 cm³/mol. The first kappa shape index (κ1) is 19.2. The van der Waals surface area contributed by atoms with Crippen LogP contribution in [0, 0.1) is 0 Å². The van der Waals surface area contributed by atoms with Gasteiger partial charge in [-0.3, -0.25) is 4.79 Å². The fraction of sp³-hybridized carbons (Fsp3) is 0.300. The zero-order chi connectivity index (χ0) is 20.2. The Morgan fingerprint density at radius 3 is 2.45 bits per heavy atom. The fourth-order valence-corrected chi connectivity index (χ4v) is 3.36. The molecule has 0 saturated carbocycles. The molecule has 1 aromatic carbocycles. The molecule has 0 spiro atoms. The van der Waals surface area contributed by atoms with Crippen LogP contribution in [0.3, 0.4) is 0 Å². The number of hydrogen-bond donors (Lipinski definition) is 0. The van der Waals surface area contributed by atoms with Crippen LogP contribution in [0.15, 0.2) is 55.0 Å². The molecule has 1 aliphatic rings. The third kappa shape index (κ3) is 4.32. The van der Waals surface area contributed by atoms with Gasteiger partial charge in [0.1, 0.15) is 5.02 Å². The summed E-state index contributed by atoms with van der Waals surface area (Å²) in [6.45, 7) is 4.22. The van der Waals surface area contributed by atoms with E-state index in [-0.39, 0.29) is 11.8 Å². The minimum atomic E-state index is -0.689. The van der Waals surface area contributed by atoms with E-state index >= 15 is 0 Å². The van der Waals surface area contributed by atoms with Crippen LogP contribution in [-0.2, 0) is 4.79 Å². The number of halogens is 1. The molecule has 0 unspecified atom stereocenters. The Bertz CT molecular complexity index is 958. The number of aromatic nitrogens is 4. The van der Waals surface area contributed by atoms with Crippen molar-refractivity contribution in [3.8, 4) is 11.6 Å². The molecule has 2 aromatic heterocycles. The van der Waals surface area contributed by atoms with Gasteiger partial charge in [-0.2, -0.15) is 0 Å². The lowest BCUT2D eigenvalue weighted by Crippen LogP contribution is -2.52. The van der Waals surface area contributed by atoms with Crippen molar-refractivity contribution >= 4 is 23.5 Å². The van der Waals surface area contributed by atoms with E-state index in [1.807, 2.05) is 30.3 Å². The molecule has 1 fully saturated rings. The first-order chi connectivity index (χ1) is 14.1. The Hall–Kier alpha value is -3.13. The van der Waals surface area contributed by atoms with Gasteiger partial charge in [0.25, 0.3) is 11.8 Å². The lowest BCUT2D eigenvalue weighted by molar-refractivity contribution is -0.138. The van der Waals surface area contributed by atoms with Crippen molar-refractivity contribution in [1.29, 1.82) is 0 Å². The van der Waals surface area contributed by atoms with E-state index in [9.17, 15) is 4.79 Å². The summed E-state index contributed by atoms with van der Waals surface area (Å²) >= 11 is 6.26. The third-order valence-electron chi connectivity index (χ3n) is 4.72. The van der Waals surface area contributed by atoms with Gasteiger partial charge in [-0.25, -0.2) is 14.6 Å². The van der Waals surface area contributed by atoms with E-state index in [0.29, 0.717) is 37.1 Å². The molecule has 0 bridgehead atoms. The quantitative estimate of drug-likeness (QED) is 0.640. The summed E-state index contributed by atoms with van der Waals surface area (Å²) in [5.41, 5.74) is 0.863. The van der Waals surface area contributed by atoms with Crippen molar-refractivity contribution in [3.05, 3.63) is 60.0 Å². The Kier molecular flexibility index (Phi) is 5.62. The van der Waals surface area contributed by atoms with Gasteiger partial charge in [0.2, 0.25) is 5.95 Å². The highest BCUT2D eigenvalue weighted by Crippen LogP contribution is 2.25. The molecule has 150 valence electrons. The molecular weight excluding hydrogens is 392 g/mol. The molecule has 1 amide bonds. The summed E-state index contributed by atoms with van der Waals surface area (Å²) in [6.07, 6.45) is 4.41. The van der Waals surface area contributed by atoms with Crippen LogP contribution in [-0.4, -0.2) is 62.8 Å². The van der Waals surface area contributed by atoms with Crippen LogP contribution in [0.4, 0.5) is 5.95 Å². The number of anilines is 1. The van der Waals surface area contributed by atoms with Crippen molar-refractivity contribution in [3.63, 3.8) is 0 Å². The first-order valence-corrected chi connectivity index (χ1v) is 9.77. The summed E-state index contributed by atoms with van der Waals surface area (Å²) < 4.78 is 7.41.